The van der Waals surface area contributed by atoms with Crippen LogP contribution in [0.4, 0.5) is 10.8 Å². The quantitative estimate of drug-likeness (QED) is 0.880. The third-order valence-electron chi connectivity index (χ3n) is 4.17. The minimum atomic E-state index is 0.640. The lowest BCUT2D eigenvalue weighted by Gasteiger charge is -2.23. The second-order valence-electron chi connectivity index (χ2n) is 6.33. The van der Waals surface area contributed by atoms with Crippen molar-refractivity contribution in [3.05, 3.63) is 11.1 Å². The van der Waals surface area contributed by atoms with Crippen LogP contribution in [-0.4, -0.2) is 22.4 Å². The molecule has 0 atom stereocenters. The average molecular weight is 320 g/mol. The fourth-order valence-corrected chi connectivity index (χ4v) is 4.39. The van der Waals surface area contributed by atoms with Crippen molar-refractivity contribution in [1.29, 1.82) is 0 Å². The molecule has 0 amide bonds. The van der Waals surface area contributed by atoms with Crippen molar-refractivity contribution in [3.8, 4) is 10.6 Å². The van der Waals surface area contributed by atoms with E-state index in [0.717, 1.165) is 41.2 Å². The van der Waals surface area contributed by atoms with Gasteiger partial charge in [0.1, 0.15) is 15.8 Å². The number of aryl methyl sites for hydroxylation is 1. The maximum atomic E-state index is 6.15. The Hall–Kier alpha value is -1.14. The van der Waals surface area contributed by atoms with Gasteiger partial charge in [-0.25, -0.2) is 4.98 Å². The van der Waals surface area contributed by atoms with Gasteiger partial charge in [0, 0.05) is 24.2 Å². The minimum Gasteiger partial charge on any atom is -0.382 e. The second kappa shape index (κ2) is 5.25. The van der Waals surface area contributed by atoms with Crippen LogP contribution in [0, 0.1) is 18.8 Å². The lowest BCUT2D eigenvalue weighted by molar-refractivity contribution is 0.684. The third-order valence-corrected chi connectivity index (χ3v) is 6.07. The maximum Gasteiger partial charge on any atom is 0.149 e. The number of hydrogen-bond acceptors (Lipinski definition) is 6. The number of aromatic nitrogens is 2. The fraction of sp³-hybridized carbons (Fsp3) is 0.600. The predicted molar refractivity (Wildman–Crippen MR) is 90.0 cm³/mol. The Morgan fingerprint density at radius 3 is 2.43 bits per heavy atom. The Kier molecular flexibility index (Phi) is 3.38. The summed E-state index contributed by atoms with van der Waals surface area (Å²) in [5.74, 6) is 2.39. The summed E-state index contributed by atoms with van der Waals surface area (Å²) in [5, 5.41) is 4.34. The highest BCUT2D eigenvalue weighted by molar-refractivity contribution is 7.15. The first kappa shape index (κ1) is 13.5. The molecule has 0 saturated heterocycles. The summed E-state index contributed by atoms with van der Waals surface area (Å²) in [4.78, 5) is 7.16. The molecular weight excluding hydrogens is 300 g/mol. The van der Waals surface area contributed by atoms with E-state index in [1.807, 2.05) is 6.92 Å². The van der Waals surface area contributed by atoms with Crippen LogP contribution in [0.3, 0.4) is 0 Å². The molecule has 112 valence electrons. The SMILES string of the molecule is Cc1csc(-c2c(N)nsc2N(CC2CC2)CC2CC2)n1. The molecule has 2 saturated carbocycles. The Balaban J connectivity index is 1.67. The van der Waals surface area contributed by atoms with Gasteiger partial charge < -0.3 is 10.6 Å². The zero-order valence-corrected chi connectivity index (χ0v) is 13.8. The van der Waals surface area contributed by atoms with Crippen LogP contribution in [0.1, 0.15) is 31.4 Å². The van der Waals surface area contributed by atoms with Crippen molar-refractivity contribution < 1.29 is 0 Å². The van der Waals surface area contributed by atoms with Gasteiger partial charge in [0.2, 0.25) is 0 Å². The van der Waals surface area contributed by atoms with Crippen LogP contribution >= 0.6 is 22.9 Å². The highest BCUT2D eigenvalue weighted by Gasteiger charge is 2.32. The van der Waals surface area contributed by atoms with Crippen molar-refractivity contribution in [1.82, 2.24) is 9.36 Å². The molecule has 0 bridgehead atoms. The third kappa shape index (κ3) is 2.92. The average Bonchev–Trinajstić information content (AvgIpc) is 3.36. The van der Waals surface area contributed by atoms with E-state index in [2.05, 4.69) is 19.6 Å². The lowest BCUT2D eigenvalue weighted by Crippen LogP contribution is -2.27. The zero-order valence-electron chi connectivity index (χ0n) is 12.2. The summed E-state index contributed by atoms with van der Waals surface area (Å²) in [6.07, 6.45) is 5.50. The highest BCUT2D eigenvalue weighted by atomic mass is 32.1. The topological polar surface area (TPSA) is 55.0 Å². The van der Waals surface area contributed by atoms with E-state index in [1.54, 1.807) is 22.9 Å². The predicted octanol–water partition coefficient (Wildman–Crippen LogP) is 3.78. The van der Waals surface area contributed by atoms with Crippen molar-refractivity contribution in [2.45, 2.75) is 32.6 Å². The van der Waals surface area contributed by atoms with Crippen molar-refractivity contribution >= 4 is 33.7 Å². The largest absolute Gasteiger partial charge is 0.382 e. The molecule has 2 N–H and O–H groups in total. The van der Waals surface area contributed by atoms with Crippen LogP contribution in [0.5, 0.6) is 0 Å². The van der Waals surface area contributed by atoms with Gasteiger partial charge in [0.15, 0.2) is 0 Å². The first-order valence-electron chi connectivity index (χ1n) is 7.63. The van der Waals surface area contributed by atoms with E-state index >= 15 is 0 Å². The molecular formula is C15H20N4S2. The van der Waals surface area contributed by atoms with Crippen LogP contribution < -0.4 is 10.6 Å². The molecule has 2 aromatic heterocycles. The first-order valence-corrected chi connectivity index (χ1v) is 9.28. The molecule has 2 aliphatic rings. The Morgan fingerprint density at radius 1 is 1.24 bits per heavy atom. The minimum absolute atomic E-state index is 0.640. The summed E-state index contributed by atoms with van der Waals surface area (Å²) >= 11 is 3.22. The number of nitrogens with two attached hydrogens (primary N) is 1. The lowest BCUT2D eigenvalue weighted by atomic mass is 10.2. The van der Waals surface area contributed by atoms with Crippen molar-refractivity contribution in [3.63, 3.8) is 0 Å². The van der Waals surface area contributed by atoms with Gasteiger partial charge in [-0.15, -0.1) is 11.3 Å². The van der Waals surface area contributed by atoms with Gasteiger partial charge in [-0.2, -0.15) is 4.37 Å². The van der Waals surface area contributed by atoms with Crippen molar-refractivity contribution in [2.24, 2.45) is 11.8 Å². The van der Waals surface area contributed by atoms with E-state index in [-0.39, 0.29) is 0 Å². The van der Waals surface area contributed by atoms with E-state index in [1.165, 1.54) is 30.7 Å². The smallest absolute Gasteiger partial charge is 0.149 e. The number of anilines is 2. The molecule has 2 aliphatic carbocycles. The van der Waals surface area contributed by atoms with Gasteiger partial charge >= 0.3 is 0 Å². The summed E-state index contributed by atoms with van der Waals surface area (Å²) in [6, 6.07) is 0. The van der Waals surface area contributed by atoms with Gasteiger partial charge in [0.25, 0.3) is 0 Å². The molecule has 4 rings (SSSR count). The van der Waals surface area contributed by atoms with Crippen LogP contribution in [0.15, 0.2) is 5.38 Å². The number of rotatable bonds is 6. The van der Waals surface area contributed by atoms with Crippen LogP contribution in [0.2, 0.25) is 0 Å². The standard InChI is InChI=1S/C15H20N4S2/c1-9-8-20-14(17-9)12-13(16)18-21-15(12)19(6-10-2-3-10)7-11-4-5-11/h8,10-11H,2-7H2,1H3,(H2,16,18). The van der Waals surface area contributed by atoms with Crippen molar-refractivity contribution in [2.75, 3.05) is 23.7 Å². The number of nitrogen functional groups attached to an aromatic ring is 1. The van der Waals surface area contributed by atoms with Gasteiger partial charge in [-0.3, -0.25) is 0 Å². The molecule has 21 heavy (non-hydrogen) atoms. The van der Waals surface area contributed by atoms with E-state index < -0.39 is 0 Å². The molecule has 6 heteroatoms. The van der Waals surface area contributed by atoms with Gasteiger partial charge in [0.05, 0.1) is 5.56 Å². The molecule has 0 aromatic carbocycles. The molecule has 0 radical (unpaired) electrons. The first-order chi connectivity index (χ1) is 10.2. The Morgan fingerprint density at radius 2 is 1.90 bits per heavy atom. The summed E-state index contributed by atoms with van der Waals surface area (Å²) in [7, 11) is 0. The summed E-state index contributed by atoms with van der Waals surface area (Å²) < 4.78 is 4.42. The fourth-order valence-electron chi connectivity index (χ4n) is 2.64. The Labute approximate surface area is 133 Å². The second-order valence-corrected chi connectivity index (χ2v) is 7.94. The molecule has 4 nitrogen and oxygen atoms in total. The zero-order chi connectivity index (χ0) is 14.4. The molecule has 0 aliphatic heterocycles. The summed E-state index contributed by atoms with van der Waals surface area (Å²) in [6.45, 7) is 4.35. The maximum absolute atomic E-state index is 6.15. The normalized spacial score (nSPS) is 18.1. The Bertz CT molecular complexity index is 626. The monoisotopic (exact) mass is 320 g/mol. The molecule has 2 aromatic rings. The van der Waals surface area contributed by atoms with Gasteiger partial charge in [-0.1, -0.05) is 0 Å². The highest BCUT2D eigenvalue weighted by Crippen LogP contribution is 2.44. The van der Waals surface area contributed by atoms with E-state index in [9.17, 15) is 0 Å². The molecule has 2 fully saturated rings. The number of hydrogen-bond donors (Lipinski definition) is 1. The number of nitrogens with zero attached hydrogens (tertiary/aromatic N) is 3. The molecule has 0 spiro atoms. The van der Waals surface area contributed by atoms with Gasteiger partial charge in [-0.05, 0) is 56.0 Å². The number of thiazole rings is 1. The van der Waals surface area contributed by atoms with Crippen LogP contribution in [0.25, 0.3) is 10.6 Å². The molecule has 0 unspecified atom stereocenters. The molecule has 2 heterocycles. The summed E-state index contributed by atoms with van der Waals surface area (Å²) in [5.41, 5.74) is 8.28. The van der Waals surface area contributed by atoms with Crippen LogP contribution in [-0.2, 0) is 0 Å². The van der Waals surface area contributed by atoms with E-state index in [0.29, 0.717) is 5.82 Å². The van der Waals surface area contributed by atoms with E-state index in [4.69, 9.17) is 5.73 Å².